The van der Waals surface area contributed by atoms with Crippen LogP contribution in [0.25, 0.3) is 11.0 Å². The van der Waals surface area contributed by atoms with Gasteiger partial charge >= 0.3 is 7.05 Å². The molecule has 0 amide bonds. The number of nitriles is 1. The molecule has 0 aromatic carbocycles. The number of aromatic amines is 1. The summed E-state index contributed by atoms with van der Waals surface area (Å²) in [6.07, 6.45) is 5.63. The number of hydrogen-bond acceptors (Lipinski definition) is 5. The van der Waals surface area contributed by atoms with Gasteiger partial charge in [-0.05, 0) is 32.8 Å². The zero-order valence-corrected chi connectivity index (χ0v) is 13.0. The molecule has 0 unspecified atom stereocenters. The van der Waals surface area contributed by atoms with Gasteiger partial charge < -0.3 is 19.7 Å². The number of fused-ring (bicyclic) bond motifs is 1. The minimum Gasteiger partial charge on any atom is -0.437 e. The molecule has 7 heteroatoms. The van der Waals surface area contributed by atoms with Crippen LogP contribution < -0.4 is 4.90 Å². The maximum Gasteiger partial charge on any atom is 0.376 e. The molecule has 0 bridgehead atoms. The maximum atomic E-state index is 9.80. The minimum atomic E-state index is -0.454. The maximum absolute atomic E-state index is 9.80. The molecule has 2 aromatic rings. The number of H-pyrrole nitrogens is 1. The van der Waals surface area contributed by atoms with Crippen LogP contribution >= 0.6 is 0 Å². The second-order valence-electron chi connectivity index (χ2n) is 5.91. The zero-order valence-electron chi connectivity index (χ0n) is 13.0. The third-order valence-corrected chi connectivity index (χ3v) is 4.57. The summed E-state index contributed by atoms with van der Waals surface area (Å²) in [5, 5.41) is 20.0. The van der Waals surface area contributed by atoms with Crippen LogP contribution in [0.2, 0.25) is 6.82 Å². The Kier molecular flexibility index (Phi) is 4.05. The Morgan fingerprint density at radius 1 is 1.59 bits per heavy atom. The van der Waals surface area contributed by atoms with Gasteiger partial charge in [-0.3, -0.25) is 0 Å². The van der Waals surface area contributed by atoms with E-state index in [9.17, 15) is 10.3 Å². The van der Waals surface area contributed by atoms with Crippen molar-refractivity contribution in [2.75, 3.05) is 25.0 Å². The van der Waals surface area contributed by atoms with E-state index >= 15 is 0 Å². The average Bonchev–Trinajstić information content (AvgIpc) is 2.97. The van der Waals surface area contributed by atoms with E-state index in [2.05, 4.69) is 20.9 Å². The lowest BCUT2D eigenvalue weighted by Gasteiger charge is -2.39. The van der Waals surface area contributed by atoms with Crippen molar-refractivity contribution in [1.82, 2.24) is 14.8 Å². The Hall–Kier alpha value is -2.04. The van der Waals surface area contributed by atoms with E-state index < -0.39 is 7.05 Å². The van der Waals surface area contributed by atoms with Crippen molar-refractivity contribution in [3.05, 3.63) is 24.0 Å². The summed E-state index contributed by atoms with van der Waals surface area (Å²) in [5.41, 5.74) is 2.43. The van der Waals surface area contributed by atoms with Crippen molar-refractivity contribution < 1.29 is 5.02 Å². The standard InChI is InChI=1S/C15H20BN5O/c1-16(22)20(2)12-4-3-7-21(10-12)13-5-6-18-15-14(13)11(8-17)9-19-15/h5-6,9,12,22H,3-4,7,10H2,1-2H3,(H,18,19)/t12-/m0/s1. The number of pyridine rings is 1. The smallest absolute Gasteiger partial charge is 0.376 e. The first kappa shape index (κ1) is 14.9. The SMILES string of the molecule is CB(O)N(C)[C@H]1CCCN(c2ccnc3[nH]cc(C#N)c23)C1. The third kappa shape index (κ3) is 2.56. The van der Waals surface area contributed by atoms with Gasteiger partial charge in [0.15, 0.2) is 0 Å². The van der Waals surface area contributed by atoms with Gasteiger partial charge in [-0.1, -0.05) is 0 Å². The zero-order chi connectivity index (χ0) is 15.7. The molecule has 1 aliphatic heterocycles. The van der Waals surface area contributed by atoms with Crippen LogP contribution in [0.5, 0.6) is 0 Å². The number of rotatable bonds is 3. The molecule has 1 saturated heterocycles. The van der Waals surface area contributed by atoms with Gasteiger partial charge in [-0.15, -0.1) is 0 Å². The number of likely N-dealkylation sites (N-methyl/N-ethyl adjacent to an activating group) is 1. The number of hydrogen-bond donors (Lipinski definition) is 2. The molecule has 0 aliphatic carbocycles. The fraction of sp³-hybridized carbons (Fsp3) is 0.467. The van der Waals surface area contributed by atoms with Crippen LogP contribution in [0.4, 0.5) is 5.69 Å². The first-order chi connectivity index (χ1) is 10.6. The quantitative estimate of drug-likeness (QED) is 0.838. The Morgan fingerprint density at radius 2 is 2.41 bits per heavy atom. The van der Waals surface area contributed by atoms with E-state index in [0.717, 1.165) is 42.7 Å². The molecule has 114 valence electrons. The molecule has 6 nitrogen and oxygen atoms in total. The minimum absolute atomic E-state index is 0.307. The first-order valence-corrected chi connectivity index (χ1v) is 7.63. The molecule has 3 heterocycles. The molecule has 3 rings (SSSR count). The van der Waals surface area contributed by atoms with Crippen LogP contribution in [0.1, 0.15) is 18.4 Å². The van der Waals surface area contributed by atoms with Crippen LogP contribution in [-0.4, -0.2) is 53.0 Å². The fourth-order valence-electron chi connectivity index (χ4n) is 3.20. The van der Waals surface area contributed by atoms with Gasteiger partial charge in [0.25, 0.3) is 0 Å². The number of anilines is 1. The van der Waals surface area contributed by atoms with Crippen molar-refractivity contribution in [2.45, 2.75) is 25.7 Å². The second kappa shape index (κ2) is 5.99. The lowest BCUT2D eigenvalue weighted by atomic mass is 9.82. The Morgan fingerprint density at radius 3 is 3.14 bits per heavy atom. The van der Waals surface area contributed by atoms with Gasteiger partial charge in [0.1, 0.15) is 11.7 Å². The highest BCUT2D eigenvalue weighted by Gasteiger charge is 2.28. The highest BCUT2D eigenvalue weighted by atomic mass is 16.2. The van der Waals surface area contributed by atoms with Gasteiger partial charge in [0.05, 0.1) is 16.6 Å². The average molecular weight is 297 g/mol. The number of aromatic nitrogens is 2. The predicted octanol–water partition coefficient (Wildman–Crippen LogP) is 1.45. The molecule has 2 N–H and O–H groups in total. The van der Waals surface area contributed by atoms with Crippen molar-refractivity contribution >= 4 is 23.8 Å². The number of nitrogens with one attached hydrogen (secondary N) is 1. The molecule has 2 aromatic heterocycles. The van der Waals surface area contributed by atoms with Crippen LogP contribution in [0.15, 0.2) is 18.5 Å². The van der Waals surface area contributed by atoms with Crippen molar-refractivity contribution in [3.8, 4) is 6.07 Å². The lowest BCUT2D eigenvalue weighted by Crippen LogP contribution is -2.51. The predicted molar refractivity (Wildman–Crippen MR) is 87.6 cm³/mol. The Balaban J connectivity index is 1.94. The summed E-state index contributed by atoms with van der Waals surface area (Å²) >= 11 is 0. The summed E-state index contributed by atoms with van der Waals surface area (Å²) < 4.78 is 0. The number of nitrogens with zero attached hydrogens (tertiary/aromatic N) is 4. The van der Waals surface area contributed by atoms with E-state index in [0.29, 0.717) is 11.6 Å². The molecular weight excluding hydrogens is 277 g/mol. The van der Waals surface area contributed by atoms with Crippen LogP contribution in [0.3, 0.4) is 0 Å². The van der Waals surface area contributed by atoms with E-state index in [1.165, 1.54) is 0 Å². The third-order valence-electron chi connectivity index (χ3n) is 4.57. The van der Waals surface area contributed by atoms with E-state index in [1.807, 2.05) is 17.9 Å². The largest absolute Gasteiger partial charge is 0.437 e. The van der Waals surface area contributed by atoms with Gasteiger partial charge in [-0.25, -0.2) is 4.98 Å². The van der Waals surface area contributed by atoms with Gasteiger partial charge in [0.2, 0.25) is 0 Å². The summed E-state index contributed by atoms with van der Waals surface area (Å²) in [6, 6.07) is 4.51. The van der Waals surface area contributed by atoms with Gasteiger partial charge in [0, 0.05) is 31.5 Å². The summed E-state index contributed by atoms with van der Waals surface area (Å²) in [5.74, 6) is 0. The summed E-state index contributed by atoms with van der Waals surface area (Å²) in [6.45, 7) is 3.60. The lowest BCUT2D eigenvalue weighted by molar-refractivity contribution is 0.291. The highest BCUT2D eigenvalue weighted by Crippen LogP contribution is 2.30. The van der Waals surface area contributed by atoms with Crippen LogP contribution in [-0.2, 0) is 0 Å². The van der Waals surface area contributed by atoms with Crippen molar-refractivity contribution in [3.63, 3.8) is 0 Å². The molecule has 1 atom stereocenters. The van der Waals surface area contributed by atoms with E-state index in [-0.39, 0.29) is 0 Å². The van der Waals surface area contributed by atoms with Crippen molar-refractivity contribution in [2.24, 2.45) is 0 Å². The Labute approximate surface area is 130 Å². The molecule has 1 fully saturated rings. The second-order valence-corrected chi connectivity index (χ2v) is 5.91. The number of piperidine rings is 1. The van der Waals surface area contributed by atoms with Crippen LogP contribution in [0, 0.1) is 11.3 Å². The summed E-state index contributed by atoms with van der Waals surface area (Å²) in [4.78, 5) is 11.7. The van der Waals surface area contributed by atoms with E-state index in [1.54, 1.807) is 19.2 Å². The molecule has 1 aliphatic rings. The van der Waals surface area contributed by atoms with Gasteiger partial charge in [-0.2, -0.15) is 5.26 Å². The monoisotopic (exact) mass is 297 g/mol. The normalized spacial score (nSPS) is 18.7. The Bertz CT molecular complexity index is 708. The first-order valence-electron chi connectivity index (χ1n) is 7.63. The molecule has 0 spiro atoms. The molecule has 0 saturated carbocycles. The summed E-state index contributed by atoms with van der Waals surface area (Å²) in [7, 11) is 1.50. The fourth-order valence-corrected chi connectivity index (χ4v) is 3.20. The molecule has 0 radical (unpaired) electrons. The molecule has 22 heavy (non-hydrogen) atoms. The van der Waals surface area contributed by atoms with E-state index in [4.69, 9.17) is 0 Å². The topological polar surface area (TPSA) is 79.2 Å². The van der Waals surface area contributed by atoms with Crippen molar-refractivity contribution in [1.29, 1.82) is 5.26 Å². The molecular formula is C15H20BN5O. The highest BCUT2D eigenvalue weighted by molar-refractivity contribution is 6.45.